The Bertz CT molecular complexity index is 644. The second kappa shape index (κ2) is 9.15. The van der Waals surface area contributed by atoms with Gasteiger partial charge >= 0.3 is 6.03 Å². The first-order chi connectivity index (χ1) is 11.6. The Labute approximate surface area is 147 Å². The van der Waals surface area contributed by atoms with Crippen LogP contribution in [0.4, 0.5) is 10.5 Å². The van der Waals surface area contributed by atoms with Crippen LogP contribution in [0.3, 0.4) is 0 Å². The maximum atomic E-state index is 12.5. The molecule has 0 unspecified atom stereocenters. The summed E-state index contributed by atoms with van der Waals surface area (Å²) in [4.78, 5) is 14.2. The highest BCUT2D eigenvalue weighted by Crippen LogP contribution is 2.16. The average molecular weight is 349 g/mol. The van der Waals surface area contributed by atoms with E-state index in [0.717, 1.165) is 11.3 Å². The Morgan fingerprint density at radius 3 is 2.33 bits per heavy atom. The first-order valence-corrected chi connectivity index (χ1v) is 7.93. The molecule has 0 fully saturated rings. The summed E-state index contributed by atoms with van der Waals surface area (Å²) in [6.45, 7) is 1.43. The fourth-order valence-corrected chi connectivity index (χ4v) is 2.27. The normalized spacial score (nSPS) is 10.3. The Hall–Kier alpha value is -2.24. The predicted molar refractivity (Wildman–Crippen MR) is 95.8 cm³/mol. The van der Waals surface area contributed by atoms with E-state index in [4.69, 9.17) is 21.1 Å². The number of methoxy groups -OCH3 is 2. The lowest BCUT2D eigenvalue weighted by molar-refractivity contribution is 0.153. The molecule has 0 heterocycles. The summed E-state index contributed by atoms with van der Waals surface area (Å²) in [5.74, 6) is 0.785. The number of nitrogens with zero attached hydrogens (tertiary/aromatic N) is 1. The zero-order chi connectivity index (χ0) is 17.4. The summed E-state index contributed by atoms with van der Waals surface area (Å²) >= 11 is 5.86. The highest BCUT2D eigenvalue weighted by molar-refractivity contribution is 6.30. The van der Waals surface area contributed by atoms with Crippen molar-refractivity contribution in [3.63, 3.8) is 0 Å². The Morgan fingerprint density at radius 1 is 1.08 bits per heavy atom. The van der Waals surface area contributed by atoms with Crippen molar-refractivity contribution in [2.45, 2.75) is 6.54 Å². The van der Waals surface area contributed by atoms with E-state index in [1.807, 2.05) is 24.3 Å². The first-order valence-electron chi connectivity index (χ1n) is 7.55. The van der Waals surface area contributed by atoms with Crippen LogP contribution in [0.15, 0.2) is 48.5 Å². The molecule has 0 aromatic heterocycles. The monoisotopic (exact) mass is 348 g/mol. The molecule has 0 spiro atoms. The molecule has 0 bridgehead atoms. The molecule has 5 nitrogen and oxygen atoms in total. The highest BCUT2D eigenvalue weighted by atomic mass is 35.5. The standard InChI is InChI=1S/C18H21ClN2O3/c1-23-12-11-21(13-14-3-9-17(24-2)10-4-14)18(22)20-16-7-5-15(19)6-8-16/h3-10H,11-13H2,1-2H3,(H,20,22). The van der Waals surface area contributed by atoms with Gasteiger partial charge in [0.05, 0.1) is 13.7 Å². The number of carbonyl (C=O) groups excluding carboxylic acids is 1. The molecule has 2 rings (SSSR count). The van der Waals surface area contributed by atoms with Gasteiger partial charge in [-0.15, -0.1) is 0 Å². The van der Waals surface area contributed by atoms with Crippen LogP contribution in [0.2, 0.25) is 5.02 Å². The van der Waals surface area contributed by atoms with Gasteiger partial charge in [0.15, 0.2) is 0 Å². The quantitative estimate of drug-likeness (QED) is 0.821. The zero-order valence-corrected chi connectivity index (χ0v) is 14.5. The van der Waals surface area contributed by atoms with Crippen molar-refractivity contribution in [3.8, 4) is 5.75 Å². The molecule has 2 amide bonds. The number of ether oxygens (including phenoxy) is 2. The summed E-state index contributed by atoms with van der Waals surface area (Å²) in [5, 5.41) is 3.50. The molecule has 0 saturated carbocycles. The van der Waals surface area contributed by atoms with E-state index >= 15 is 0 Å². The highest BCUT2D eigenvalue weighted by Gasteiger charge is 2.14. The topological polar surface area (TPSA) is 50.8 Å². The fourth-order valence-electron chi connectivity index (χ4n) is 2.14. The van der Waals surface area contributed by atoms with Gasteiger partial charge in [-0.2, -0.15) is 0 Å². The molecule has 2 aromatic rings. The molecule has 0 aliphatic carbocycles. The van der Waals surface area contributed by atoms with Crippen LogP contribution in [0.5, 0.6) is 5.75 Å². The second-order valence-electron chi connectivity index (χ2n) is 5.20. The zero-order valence-electron chi connectivity index (χ0n) is 13.8. The van der Waals surface area contributed by atoms with Crippen LogP contribution < -0.4 is 10.1 Å². The summed E-state index contributed by atoms with van der Waals surface area (Å²) in [7, 11) is 3.24. The molecule has 6 heteroatoms. The lowest BCUT2D eigenvalue weighted by Gasteiger charge is -2.23. The minimum absolute atomic E-state index is 0.190. The van der Waals surface area contributed by atoms with Gasteiger partial charge in [0.25, 0.3) is 0 Å². The molecule has 0 radical (unpaired) electrons. The van der Waals surface area contributed by atoms with E-state index in [1.165, 1.54) is 0 Å². The van der Waals surface area contributed by atoms with E-state index in [9.17, 15) is 4.79 Å². The molecular weight excluding hydrogens is 328 g/mol. The fraction of sp³-hybridized carbons (Fsp3) is 0.278. The van der Waals surface area contributed by atoms with Gasteiger partial charge in [-0.3, -0.25) is 0 Å². The maximum absolute atomic E-state index is 12.5. The number of halogens is 1. The van der Waals surface area contributed by atoms with Crippen molar-refractivity contribution in [1.29, 1.82) is 0 Å². The first kappa shape index (κ1) is 18.1. The number of anilines is 1. The predicted octanol–water partition coefficient (Wildman–Crippen LogP) is 4.03. The van der Waals surface area contributed by atoms with Crippen molar-refractivity contribution < 1.29 is 14.3 Å². The van der Waals surface area contributed by atoms with E-state index < -0.39 is 0 Å². The van der Waals surface area contributed by atoms with Gasteiger partial charge in [-0.25, -0.2) is 4.79 Å². The number of amides is 2. The van der Waals surface area contributed by atoms with Gasteiger partial charge in [0, 0.05) is 30.9 Å². The molecule has 0 aliphatic rings. The molecule has 1 N–H and O–H groups in total. The summed E-state index contributed by atoms with van der Waals surface area (Å²) < 4.78 is 10.3. The van der Waals surface area contributed by atoms with E-state index in [2.05, 4.69) is 5.32 Å². The lowest BCUT2D eigenvalue weighted by atomic mass is 10.2. The Morgan fingerprint density at radius 2 is 1.75 bits per heavy atom. The Kier molecular flexibility index (Phi) is 6.90. The van der Waals surface area contributed by atoms with Crippen molar-refractivity contribution in [2.24, 2.45) is 0 Å². The van der Waals surface area contributed by atoms with Crippen LogP contribution in [-0.2, 0) is 11.3 Å². The molecular formula is C18H21ClN2O3. The summed E-state index contributed by atoms with van der Waals surface area (Å²) in [5.41, 5.74) is 1.71. The van der Waals surface area contributed by atoms with Gasteiger partial charge in [0.2, 0.25) is 0 Å². The molecule has 24 heavy (non-hydrogen) atoms. The number of carbonyl (C=O) groups is 1. The van der Waals surface area contributed by atoms with E-state index in [1.54, 1.807) is 43.4 Å². The number of rotatable bonds is 7. The van der Waals surface area contributed by atoms with Crippen molar-refractivity contribution in [2.75, 3.05) is 32.7 Å². The van der Waals surface area contributed by atoms with E-state index in [0.29, 0.717) is 30.4 Å². The molecule has 0 aliphatic heterocycles. The minimum atomic E-state index is -0.190. The number of hydrogen-bond acceptors (Lipinski definition) is 3. The number of nitrogens with one attached hydrogen (secondary N) is 1. The summed E-state index contributed by atoms with van der Waals surface area (Å²) in [6, 6.07) is 14.4. The molecule has 2 aromatic carbocycles. The maximum Gasteiger partial charge on any atom is 0.322 e. The van der Waals surface area contributed by atoms with Crippen molar-refractivity contribution >= 4 is 23.3 Å². The Balaban J connectivity index is 2.04. The second-order valence-corrected chi connectivity index (χ2v) is 5.64. The lowest BCUT2D eigenvalue weighted by Crippen LogP contribution is -2.36. The molecule has 128 valence electrons. The largest absolute Gasteiger partial charge is 0.497 e. The van der Waals surface area contributed by atoms with Gasteiger partial charge in [-0.1, -0.05) is 23.7 Å². The van der Waals surface area contributed by atoms with Crippen molar-refractivity contribution in [3.05, 3.63) is 59.1 Å². The third-order valence-corrected chi connectivity index (χ3v) is 3.73. The third-order valence-electron chi connectivity index (χ3n) is 3.48. The smallest absolute Gasteiger partial charge is 0.322 e. The minimum Gasteiger partial charge on any atom is -0.497 e. The number of urea groups is 1. The molecule has 0 saturated heterocycles. The van der Waals surface area contributed by atoms with Crippen LogP contribution in [0, 0.1) is 0 Å². The van der Waals surface area contributed by atoms with Crippen LogP contribution in [0.25, 0.3) is 0 Å². The SMILES string of the molecule is COCCN(Cc1ccc(OC)cc1)C(=O)Nc1ccc(Cl)cc1. The third kappa shape index (κ3) is 5.44. The van der Waals surface area contributed by atoms with Gasteiger partial charge in [0.1, 0.15) is 5.75 Å². The van der Waals surface area contributed by atoms with Gasteiger partial charge in [-0.05, 0) is 42.0 Å². The van der Waals surface area contributed by atoms with Crippen molar-refractivity contribution in [1.82, 2.24) is 4.90 Å². The number of hydrogen-bond donors (Lipinski definition) is 1. The van der Waals surface area contributed by atoms with E-state index in [-0.39, 0.29) is 6.03 Å². The average Bonchev–Trinajstić information content (AvgIpc) is 2.61. The number of benzene rings is 2. The molecule has 0 atom stereocenters. The van der Waals surface area contributed by atoms with Crippen LogP contribution >= 0.6 is 11.6 Å². The summed E-state index contributed by atoms with van der Waals surface area (Å²) in [6.07, 6.45) is 0. The van der Waals surface area contributed by atoms with Crippen LogP contribution in [0.1, 0.15) is 5.56 Å². The van der Waals surface area contributed by atoms with Gasteiger partial charge < -0.3 is 19.7 Å². The van der Waals surface area contributed by atoms with Crippen LogP contribution in [-0.4, -0.2) is 38.3 Å².